The number of benzene rings is 1. The third-order valence-corrected chi connectivity index (χ3v) is 1.79. The van der Waals surface area contributed by atoms with Gasteiger partial charge in [0.2, 0.25) is 0 Å². The molecule has 80 valence electrons. The van der Waals surface area contributed by atoms with E-state index in [1.54, 1.807) is 32.3 Å². The summed E-state index contributed by atoms with van der Waals surface area (Å²) in [7, 11) is 1.70. The molecule has 0 atom stereocenters. The third-order valence-electron chi connectivity index (χ3n) is 1.79. The summed E-state index contributed by atoms with van der Waals surface area (Å²) in [5.74, 6) is -0.323. The maximum Gasteiger partial charge on any atom is 0.338 e. The molecule has 1 aromatic carbocycles. The monoisotopic (exact) mass is 206 g/mol. The molecular weight excluding hydrogens is 192 g/mol. The fourth-order valence-corrected chi connectivity index (χ4v) is 1.14. The van der Waals surface area contributed by atoms with Gasteiger partial charge in [0.25, 0.3) is 0 Å². The van der Waals surface area contributed by atoms with E-state index in [1.165, 1.54) is 0 Å². The van der Waals surface area contributed by atoms with Gasteiger partial charge < -0.3 is 10.2 Å². The van der Waals surface area contributed by atoms with Crippen LogP contribution in [0.4, 0.5) is 0 Å². The van der Waals surface area contributed by atoms with Crippen molar-refractivity contribution in [2.75, 3.05) is 13.7 Å². The number of hydrogen-bond acceptors (Lipinski definition) is 4. The van der Waals surface area contributed by atoms with Crippen LogP contribution in [0.25, 0.3) is 0 Å². The van der Waals surface area contributed by atoms with Gasteiger partial charge in [-0.2, -0.15) is 5.10 Å². The normalized spacial score (nSPS) is 10.3. The smallest absolute Gasteiger partial charge is 0.338 e. The number of hydrogen-bond donors (Lipinski definition) is 1. The summed E-state index contributed by atoms with van der Waals surface area (Å²) in [5.41, 5.74) is 3.90. The summed E-state index contributed by atoms with van der Waals surface area (Å²) in [6.07, 6.45) is 1.59. The van der Waals surface area contributed by atoms with Crippen molar-refractivity contribution in [3.05, 3.63) is 35.4 Å². The molecule has 0 bridgehead atoms. The van der Waals surface area contributed by atoms with Gasteiger partial charge in [-0.15, -0.1) is 0 Å². The molecule has 1 rings (SSSR count). The second-order valence-corrected chi connectivity index (χ2v) is 2.79. The Morgan fingerprint density at radius 2 is 2.27 bits per heavy atom. The number of ether oxygens (including phenoxy) is 1. The molecule has 15 heavy (non-hydrogen) atoms. The molecule has 0 saturated carbocycles. The van der Waals surface area contributed by atoms with E-state index in [-0.39, 0.29) is 5.97 Å². The van der Waals surface area contributed by atoms with Crippen molar-refractivity contribution in [3.8, 4) is 0 Å². The second-order valence-electron chi connectivity index (χ2n) is 2.79. The van der Waals surface area contributed by atoms with Gasteiger partial charge in [0.05, 0.1) is 18.4 Å². The summed E-state index contributed by atoms with van der Waals surface area (Å²) in [6, 6.07) is 7.17. The minimum absolute atomic E-state index is 0.323. The van der Waals surface area contributed by atoms with Crippen LogP contribution in [0.3, 0.4) is 0 Å². The van der Waals surface area contributed by atoms with E-state index in [0.29, 0.717) is 12.2 Å². The molecular formula is C11H14N2O2. The minimum Gasteiger partial charge on any atom is -0.462 e. The fourth-order valence-electron chi connectivity index (χ4n) is 1.14. The van der Waals surface area contributed by atoms with Crippen LogP contribution in [0.5, 0.6) is 0 Å². The number of rotatable bonds is 4. The van der Waals surface area contributed by atoms with Crippen molar-refractivity contribution in [2.24, 2.45) is 5.10 Å². The van der Waals surface area contributed by atoms with Crippen molar-refractivity contribution in [1.82, 2.24) is 5.43 Å². The molecule has 0 fully saturated rings. The Labute approximate surface area is 88.9 Å². The topological polar surface area (TPSA) is 50.7 Å². The first kappa shape index (κ1) is 11.2. The predicted molar refractivity (Wildman–Crippen MR) is 59.1 cm³/mol. The van der Waals surface area contributed by atoms with Crippen LogP contribution in [0.1, 0.15) is 22.8 Å². The average molecular weight is 206 g/mol. The van der Waals surface area contributed by atoms with E-state index in [4.69, 9.17) is 4.74 Å². The van der Waals surface area contributed by atoms with Crippen LogP contribution in [0, 0.1) is 0 Å². The highest BCUT2D eigenvalue weighted by atomic mass is 16.5. The first-order valence-corrected chi connectivity index (χ1v) is 4.75. The molecule has 0 unspecified atom stereocenters. The van der Waals surface area contributed by atoms with Crippen molar-refractivity contribution in [2.45, 2.75) is 6.92 Å². The zero-order valence-electron chi connectivity index (χ0n) is 8.86. The summed E-state index contributed by atoms with van der Waals surface area (Å²) in [5, 5.41) is 3.86. The SMILES string of the molecule is CCOC(=O)c1ccccc1/C=N/NC. The largest absolute Gasteiger partial charge is 0.462 e. The Morgan fingerprint density at radius 1 is 1.53 bits per heavy atom. The van der Waals surface area contributed by atoms with Gasteiger partial charge in [-0.3, -0.25) is 0 Å². The van der Waals surface area contributed by atoms with Gasteiger partial charge in [-0.1, -0.05) is 18.2 Å². The van der Waals surface area contributed by atoms with Crippen LogP contribution >= 0.6 is 0 Å². The Kier molecular flexibility index (Phi) is 4.34. The Morgan fingerprint density at radius 3 is 2.93 bits per heavy atom. The minimum atomic E-state index is -0.323. The first-order chi connectivity index (χ1) is 7.29. The lowest BCUT2D eigenvalue weighted by Gasteiger charge is -2.04. The molecule has 0 aliphatic rings. The Hall–Kier alpha value is -1.84. The van der Waals surface area contributed by atoms with Crippen LogP contribution < -0.4 is 5.43 Å². The van der Waals surface area contributed by atoms with E-state index >= 15 is 0 Å². The number of nitrogens with one attached hydrogen (secondary N) is 1. The quantitative estimate of drug-likeness (QED) is 0.460. The lowest BCUT2D eigenvalue weighted by atomic mass is 10.1. The average Bonchev–Trinajstić information content (AvgIpc) is 2.27. The number of nitrogens with zero attached hydrogens (tertiary/aromatic N) is 1. The molecule has 0 amide bonds. The van der Waals surface area contributed by atoms with Crippen LogP contribution in [0.2, 0.25) is 0 Å². The maximum atomic E-state index is 11.5. The fraction of sp³-hybridized carbons (Fsp3) is 0.273. The molecule has 0 aromatic heterocycles. The molecule has 4 heteroatoms. The van der Waals surface area contributed by atoms with Crippen LogP contribution in [0.15, 0.2) is 29.4 Å². The van der Waals surface area contributed by atoms with Crippen molar-refractivity contribution in [1.29, 1.82) is 0 Å². The molecule has 0 radical (unpaired) electrons. The van der Waals surface area contributed by atoms with E-state index in [2.05, 4.69) is 10.5 Å². The predicted octanol–water partition coefficient (Wildman–Crippen LogP) is 1.42. The second kappa shape index (κ2) is 5.80. The molecule has 0 spiro atoms. The molecule has 0 saturated heterocycles. The van der Waals surface area contributed by atoms with Gasteiger partial charge in [0, 0.05) is 12.6 Å². The van der Waals surface area contributed by atoms with E-state index in [0.717, 1.165) is 5.56 Å². The van der Waals surface area contributed by atoms with Gasteiger partial charge in [0.15, 0.2) is 0 Å². The van der Waals surface area contributed by atoms with E-state index in [1.807, 2.05) is 12.1 Å². The van der Waals surface area contributed by atoms with Gasteiger partial charge in [-0.05, 0) is 13.0 Å². The first-order valence-electron chi connectivity index (χ1n) is 4.75. The highest BCUT2D eigenvalue weighted by Crippen LogP contribution is 2.07. The number of carbonyl (C=O) groups excluding carboxylic acids is 1. The Balaban J connectivity index is 2.95. The lowest BCUT2D eigenvalue weighted by Crippen LogP contribution is -2.08. The van der Waals surface area contributed by atoms with Crippen molar-refractivity contribution >= 4 is 12.2 Å². The zero-order chi connectivity index (χ0) is 11.1. The summed E-state index contributed by atoms with van der Waals surface area (Å²) < 4.78 is 4.93. The van der Waals surface area contributed by atoms with Crippen LogP contribution in [-0.2, 0) is 4.74 Å². The molecule has 0 aliphatic carbocycles. The maximum absolute atomic E-state index is 11.5. The summed E-state index contributed by atoms with van der Waals surface area (Å²) >= 11 is 0. The molecule has 0 heterocycles. The number of hydrazone groups is 1. The van der Waals surface area contributed by atoms with Gasteiger partial charge in [0.1, 0.15) is 0 Å². The Bertz CT molecular complexity index is 361. The summed E-state index contributed by atoms with van der Waals surface area (Å²) in [6.45, 7) is 2.15. The van der Waals surface area contributed by atoms with E-state index < -0.39 is 0 Å². The van der Waals surface area contributed by atoms with Gasteiger partial charge in [-0.25, -0.2) is 4.79 Å². The van der Waals surface area contributed by atoms with Crippen molar-refractivity contribution in [3.63, 3.8) is 0 Å². The molecule has 1 N–H and O–H groups in total. The summed E-state index contributed by atoms with van der Waals surface area (Å²) in [4.78, 5) is 11.5. The number of esters is 1. The zero-order valence-corrected chi connectivity index (χ0v) is 8.86. The standard InChI is InChI=1S/C11H14N2O2/c1-3-15-11(14)10-7-5-4-6-9(10)8-13-12-2/h4-8,12H,3H2,1-2H3/b13-8+. The molecule has 1 aromatic rings. The van der Waals surface area contributed by atoms with Crippen molar-refractivity contribution < 1.29 is 9.53 Å². The van der Waals surface area contributed by atoms with E-state index in [9.17, 15) is 4.79 Å². The van der Waals surface area contributed by atoms with Crippen LogP contribution in [-0.4, -0.2) is 25.8 Å². The third kappa shape index (κ3) is 3.09. The molecule has 0 aliphatic heterocycles. The lowest BCUT2D eigenvalue weighted by molar-refractivity contribution is 0.0526. The number of carbonyl (C=O) groups is 1. The highest BCUT2D eigenvalue weighted by Gasteiger charge is 2.09. The highest BCUT2D eigenvalue weighted by molar-refractivity contribution is 5.99. The molecule has 4 nitrogen and oxygen atoms in total. The van der Waals surface area contributed by atoms with Gasteiger partial charge >= 0.3 is 5.97 Å².